The second-order valence-electron chi connectivity index (χ2n) is 7.21. The molecule has 0 aliphatic carbocycles. The first-order valence-electron chi connectivity index (χ1n) is 8.63. The highest BCUT2D eigenvalue weighted by Gasteiger charge is 2.90. The molecule has 0 fully saturated rings. The van der Waals surface area contributed by atoms with Gasteiger partial charge in [0.2, 0.25) is 0 Å². The molecule has 0 saturated heterocycles. The number of ether oxygens (including phenoxy) is 1. The van der Waals surface area contributed by atoms with Crippen LogP contribution >= 0.6 is 0 Å². The predicted octanol–water partition coefficient (Wildman–Crippen LogP) is 6.73. The van der Waals surface area contributed by atoms with Gasteiger partial charge in [-0.2, -0.15) is 57.1 Å². The number of carbonyl (C=O) groups excluding carboxylic acids is 1. The number of hydrogen-bond donors (Lipinski definition) is 0. The molecule has 0 bridgehead atoms. The van der Waals surface area contributed by atoms with Crippen LogP contribution in [0.5, 0.6) is 0 Å². The maximum atomic E-state index is 13.9. The lowest BCUT2D eigenvalue weighted by Gasteiger charge is -2.40. The Bertz CT molecular complexity index is 611. The maximum absolute atomic E-state index is 13.9. The van der Waals surface area contributed by atoms with E-state index in [4.69, 9.17) is 0 Å². The number of hydrogen-bond acceptors (Lipinski definition) is 2. The Morgan fingerprint density at radius 3 is 1.52 bits per heavy atom. The van der Waals surface area contributed by atoms with Gasteiger partial charge >= 0.3 is 41.8 Å². The lowest BCUT2D eigenvalue weighted by Crippen LogP contribution is -2.70. The van der Waals surface area contributed by atoms with E-state index in [0.717, 1.165) is 0 Å². The van der Waals surface area contributed by atoms with Crippen molar-refractivity contribution in [3.63, 3.8) is 0 Å². The zero-order chi connectivity index (χ0) is 25.3. The number of alkyl halides is 13. The summed E-state index contributed by atoms with van der Waals surface area (Å²) in [5.41, 5.74) is 0. The first-order valence-corrected chi connectivity index (χ1v) is 8.63. The Kier molecular flexibility index (Phi) is 8.77. The normalized spacial score (nSPS) is 15.9. The average molecular weight is 490 g/mol. The summed E-state index contributed by atoms with van der Waals surface area (Å²) in [7, 11) is 0. The monoisotopic (exact) mass is 490 g/mol. The lowest BCUT2D eigenvalue weighted by molar-refractivity contribution is -0.440. The van der Waals surface area contributed by atoms with Gasteiger partial charge in [-0.1, -0.05) is 27.2 Å². The van der Waals surface area contributed by atoms with Gasteiger partial charge in [-0.05, 0) is 12.3 Å². The van der Waals surface area contributed by atoms with E-state index >= 15 is 0 Å². The van der Waals surface area contributed by atoms with Crippen molar-refractivity contribution in [2.24, 2.45) is 11.8 Å². The fourth-order valence-electron chi connectivity index (χ4n) is 2.26. The Labute approximate surface area is 168 Å². The molecule has 0 aliphatic heterocycles. The van der Waals surface area contributed by atoms with E-state index in [-0.39, 0.29) is 12.3 Å². The summed E-state index contributed by atoms with van der Waals surface area (Å²) in [6, 6.07) is 0. The van der Waals surface area contributed by atoms with Crippen molar-refractivity contribution >= 4 is 5.97 Å². The van der Waals surface area contributed by atoms with Gasteiger partial charge in [0.05, 0.1) is 12.5 Å². The second-order valence-corrected chi connectivity index (χ2v) is 7.21. The highest BCUT2D eigenvalue weighted by atomic mass is 19.4. The van der Waals surface area contributed by atoms with Crippen molar-refractivity contribution in [1.82, 2.24) is 0 Å². The molecule has 0 heterocycles. The van der Waals surface area contributed by atoms with Crippen molar-refractivity contribution in [2.45, 2.75) is 75.8 Å². The van der Waals surface area contributed by atoms with E-state index in [9.17, 15) is 61.9 Å². The van der Waals surface area contributed by atoms with Crippen LogP contribution in [-0.4, -0.2) is 48.4 Å². The van der Waals surface area contributed by atoms with Crippen LogP contribution in [-0.2, 0) is 9.53 Å². The Morgan fingerprint density at radius 1 is 0.742 bits per heavy atom. The van der Waals surface area contributed by atoms with E-state index in [1.54, 1.807) is 0 Å². The molecule has 0 saturated carbocycles. The largest absolute Gasteiger partial charge is 0.465 e. The molecule has 0 aromatic carbocycles. The number of halogens is 13. The van der Waals surface area contributed by atoms with Gasteiger partial charge in [0, 0.05) is 6.42 Å². The third-order valence-electron chi connectivity index (χ3n) is 4.03. The van der Waals surface area contributed by atoms with Crippen LogP contribution in [0.3, 0.4) is 0 Å². The van der Waals surface area contributed by atoms with Crippen molar-refractivity contribution in [2.75, 3.05) is 6.61 Å². The predicted molar refractivity (Wildman–Crippen MR) is 79.6 cm³/mol. The van der Waals surface area contributed by atoms with Gasteiger partial charge in [0.1, 0.15) is 0 Å². The summed E-state index contributed by atoms with van der Waals surface area (Å²) in [6.07, 6.45) is -10.9. The molecular weight excluding hydrogens is 471 g/mol. The molecule has 31 heavy (non-hydrogen) atoms. The van der Waals surface area contributed by atoms with E-state index in [1.807, 2.05) is 0 Å². The molecular formula is C16H19F13O2. The van der Waals surface area contributed by atoms with Gasteiger partial charge in [-0.3, -0.25) is 4.79 Å². The van der Waals surface area contributed by atoms with E-state index in [0.29, 0.717) is 0 Å². The minimum atomic E-state index is -7.95. The van der Waals surface area contributed by atoms with Crippen LogP contribution in [0.4, 0.5) is 57.1 Å². The molecule has 2 nitrogen and oxygen atoms in total. The molecule has 0 radical (unpaired) electrons. The second kappa shape index (κ2) is 9.20. The van der Waals surface area contributed by atoms with E-state index in [1.165, 1.54) is 20.8 Å². The zero-order valence-corrected chi connectivity index (χ0v) is 16.2. The Morgan fingerprint density at radius 2 is 1.16 bits per heavy atom. The number of rotatable bonds is 11. The van der Waals surface area contributed by atoms with Gasteiger partial charge < -0.3 is 4.74 Å². The number of carbonyl (C=O) groups is 1. The zero-order valence-electron chi connectivity index (χ0n) is 16.2. The summed E-state index contributed by atoms with van der Waals surface area (Å²) in [5, 5.41) is 0. The maximum Gasteiger partial charge on any atom is 0.460 e. The average Bonchev–Trinajstić information content (AvgIpc) is 2.57. The summed E-state index contributed by atoms with van der Waals surface area (Å²) in [4.78, 5) is 11.8. The summed E-state index contributed by atoms with van der Waals surface area (Å²) in [6.45, 7) is 3.79. The highest BCUT2D eigenvalue weighted by molar-refractivity contribution is 5.72. The van der Waals surface area contributed by atoms with E-state index < -0.39 is 67.1 Å². The topological polar surface area (TPSA) is 26.3 Å². The third-order valence-corrected chi connectivity index (χ3v) is 4.03. The van der Waals surface area contributed by atoms with E-state index in [2.05, 4.69) is 4.74 Å². The van der Waals surface area contributed by atoms with Crippen LogP contribution < -0.4 is 0 Å². The lowest BCUT2D eigenvalue weighted by atomic mass is 9.87. The van der Waals surface area contributed by atoms with Crippen molar-refractivity contribution in [3.8, 4) is 0 Å². The SMILES string of the molecule is CCCC(CC(F)(F)C(F)(F)C(F)(F)C(F)(F)C(F)(F)C(F)(F)F)C(=O)OCC(C)C. The summed E-state index contributed by atoms with van der Waals surface area (Å²) >= 11 is 0. The summed E-state index contributed by atoms with van der Waals surface area (Å²) in [5.74, 6) is -41.5. The molecule has 0 N–H and O–H groups in total. The van der Waals surface area contributed by atoms with Gasteiger partial charge in [-0.25, -0.2) is 0 Å². The van der Waals surface area contributed by atoms with Crippen LogP contribution in [0.2, 0.25) is 0 Å². The molecule has 0 aliphatic rings. The molecule has 186 valence electrons. The van der Waals surface area contributed by atoms with Crippen molar-refractivity contribution < 1.29 is 66.6 Å². The minimum absolute atomic E-state index is 0.179. The van der Waals surface area contributed by atoms with Crippen molar-refractivity contribution in [1.29, 1.82) is 0 Å². The molecule has 15 heteroatoms. The van der Waals surface area contributed by atoms with Gasteiger partial charge in [0.25, 0.3) is 0 Å². The van der Waals surface area contributed by atoms with Crippen LogP contribution in [0, 0.1) is 11.8 Å². The Hall–Kier alpha value is -1.44. The van der Waals surface area contributed by atoms with Gasteiger partial charge in [-0.15, -0.1) is 0 Å². The fraction of sp³-hybridized carbons (Fsp3) is 0.938. The molecule has 1 atom stereocenters. The van der Waals surface area contributed by atoms with Crippen LogP contribution in [0.15, 0.2) is 0 Å². The number of esters is 1. The van der Waals surface area contributed by atoms with Gasteiger partial charge in [0.15, 0.2) is 0 Å². The smallest absolute Gasteiger partial charge is 0.460 e. The standard InChI is InChI=1S/C16H19F13O2/c1-4-5-9(10(30)31-7-8(2)3)6-11(17,18)12(19,20)13(21,22)14(23,24)15(25,26)16(27,28)29/h8-9H,4-7H2,1-3H3. The third kappa shape index (κ3) is 5.49. The molecule has 1 unspecified atom stereocenters. The summed E-state index contributed by atoms with van der Waals surface area (Å²) < 4.78 is 175. The molecule has 0 aromatic rings. The fourth-order valence-corrected chi connectivity index (χ4v) is 2.26. The highest BCUT2D eigenvalue weighted by Crippen LogP contribution is 2.61. The molecule has 0 spiro atoms. The molecule has 0 amide bonds. The quantitative estimate of drug-likeness (QED) is 0.237. The Balaban J connectivity index is 6.10. The van der Waals surface area contributed by atoms with Crippen LogP contribution in [0.1, 0.15) is 40.0 Å². The van der Waals surface area contributed by atoms with Crippen molar-refractivity contribution in [3.05, 3.63) is 0 Å². The molecule has 0 rings (SSSR count). The molecule has 0 aromatic heterocycles. The first kappa shape index (κ1) is 29.6. The minimum Gasteiger partial charge on any atom is -0.465 e. The first-order chi connectivity index (χ1) is 13.5. The van der Waals surface area contributed by atoms with Crippen LogP contribution in [0.25, 0.3) is 0 Å².